The molecule has 0 aliphatic carbocycles. The number of aliphatic hydroxyl groups is 1. The molecule has 1 amide bonds. The molecule has 100 valence electrons. The van der Waals surface area contributed by atoms with Gasteiger partial charge in [0.15, 0.2) is 0 Å². The Morgan fingerprint density at radius 2 is 2.11 bits per heavy atom. The van der Waals surface area contributed by atoms with Gasteiger partial charge in [0, 0.05) is 17.7 Å². The summed E-state index contributed by atoms with van der Waals surface area (Å²) in [6.07, 6.45) is 0.516. The van der Waals surface area contributed by atoms with Crippen molar-refractivity contribution >= 4 is 5.91 Å². The summed E-state index contributed by atoms with van der Waals surface area (Å²) in [7, 11) is 1.58. The molecule has 0 heterocycles. The van der Waals surface area contributed by atoms with Crippen molar-refractivity contribution in [1.29, 1.82) is 0 Å². The molecular formula is C14H21NO3. The van der Waals surface area contributed by atoms with Crippen LogP contribution in [0.3, 0.4) is 0 Å². The minimum atomic E-state index is -0.427. The van der Waals surface area contributed by atoms with Crippen LogP contribution >= 0.6 is 0 Å². The van der Waals surface area contributed by atoms with Gasteiger partial charge in [-0.15, -0.1) is 0 Å². The standard InChI is InChI=1S/C14H21NO3/c1-10-5-6-11(9-12(10)18-4)13(17)15-14(2,3)7-8-16/h5-6,9,16H,7-8H2,1-4H3,(H,15,17). The van der Waals surface area contributed by atoms with E-state index in [4.69, 9.17) is 9.84 Å². The number of carbonyl (C=O) groups excluding carboxylic acids is 1. The maximum absolute atomic E-state index is 12.1. The van der Waals surface area contributed by atoms with Gasteiger partial charge < -0.3 is 15.2 Å². The van der Waals surface area contributed by atoms with Crippen molar-refractivity contribution in [2.24, 2.45) is 0 Å². The van der Waals surface area contributed by atoms with Crippen LogP contribution < -0.4 is 10.1 Å². The molecule has 0 aromatic heterocycles. The van der Waals surface area contributed by atoms with E-state index in [1.807, 2.05) is 26.8 Å². The topological polar surface area (TPSA) is 58.6 Å². The first-order valence-electron chi connectivity index (χ1n) is 5.97. The highest BCUT2D eigenvalue weighted by Crippen LogP contribution is 2.19. The number of aryl methyl sites for hydroxylation is 1. The quantitative estimate of drug-likeness (QED) is 0.840. The minimum Gasteiger partial charge on any atom is -0.496 e. The molecule has 1 rings (SSSR count). The van der Waals surface area contributed by atoms with Gasteiger partial charge in [-0.05, 0) is 44.9 Å². The van der Waals surface area contributed by atoms with Crippen LogP contribution in [0.2, 0.25) is 0 Å². The second-order valence-corrected chi connectivity index (χ2v) is 5.00. The molecule has 0 saturated carbocycles. The number of benzene rings is 1. The second-order valence-electron chi connectivity index (χ2n) is 5.00. The third-order valence-corrected chi connectivity index (χ3v) is 2.86. The number of ether oxygens (including phenoxy) is 1. The molecule has 1 aromatic rings. The third-order valence-electron chi connectivity index (χ3n) is 2.86. The van der Waals surface area contributed by atoms with E-state index >= 15 is 0 Å². The molecule has 0 saturated heterocycles. The highest BCUT2D eigenvalue weighted by molar-refractivity contribution is 5.95. The normalized spacial score (nSPS) is 11.2. The zero-order valence-corrected chi connectivity index (χ0v) is 11.4. The molecule has 4 nitrogen and oxygen atoms in total. The zero-order chi connectivity index (χ0) is 13.8. The number of rotatable bonds is 5. The molecule has 0 fully saturated rings. The van der Waals surface area contributed by atoms with Gasteiger partial charge in [-0.25, -0.2) is 0 Å². The summed E-state index contributed by atoms with van der Waals surface area (Å²) in [6.45, 7) is 5.74. The number of carbonyl (C=O) groups is 1. The monoisotopic (exact) mass is 251 g/mol. The molecule has 0 radical (unpaired) electrons. The summed E-state index contributed by atoms with van der Waals surface area (Å²) in [5.41, 5.74) is 1.12. The van der Waals surface area contributed by atoms with E-state index in [0.29, 0.717) is 17.7 Å². The van der Waals surface area contributed by atoms with Gasteiger partial charge in [-0.1, -0.05) is 6.07 Å². The Bertz CT molecular complexity index is 427. The first-order chi connectivity index (χ1) is 8.39. The fourth-order valence-corrected chi connectivity index (χ4v) is 1.68. The van der Waals surface area contributed by atoms with E-state index in [2.05, 4.69) is 5.32 Å². The van der Waals surface area contributed by atoms with Gasteiger partial charge in [0.1, 0.15) is 5.75 Å². The first kappa shape index (κ1) is 14.5. The van der Waals surface area contributed by atoms with Crippen molar-refractivity contribution in [3.63, 3.8) is 0 Å². The Balaban J connectivity index is 2.85. The lowest BCUT2D eigenvalue weighted by atomic mass is 10.0. The van der Waals surface area contributed by atoms with E-state index < -0.39 is 5.54 Å². The molecule has 0 bridgehead atoms. The predicted octanol–water partition coefficient (Wildman–Crippen LogP) is 1.89. The highest BCUT2D eigenvalue weighted by atomic mass is 16.5. The maximum atomic E-state index is 12.1. The number of methoxy groups -OCH3 is 1. The van der Waals surface area contributed by atoms with Gasteiger partial charge in [-0.3, -0.25) is 4.79 Å². The Hall–Kier alpha value is -1.55. The van der Waals surface area contributed by atoms with Crippen molar-refractivity contribution in [1.82, 2.24) is 5.32 Å². The summed E-state index contributed by atoms with van der Waals surface area (Å²) in [5.74, 6) is 0.536. The van der Waals surface area contributed by atoms with Crippen LogP contribution in [-0.2, 0) is 0 Å². The van der Waals surface area contributed by atoms with Crippen molar-refractivity contribution in [2.45, 2.75) is 32.7 Å². The summed E-state index contributed by atoms with van der Waals surface area (Å²) < 4.78 is 5.19. The first-order valence-corrected chi connectivity index (χ1v) is 5.97. The average Bonchev–Trinajstić information content (AvgIpc) is 2.28. The van der Waals surface area contributed by atoms with Crippen molar-refractivity contribution in [2.75, 3.05) is 13.7 Å². The fraction of sp³-hybridized carbons (Fsp3) is 0.500. The van der Waals surface area contributed by atoms with E-state index in [9.17, 15) is 4.79 Å². The highest BCUT2D eigenvalue weighted by Gasteiger charge is 2.20. The number of hydrogen-bond acceptors (Lipinski definition) is 3. The lowest BCUT2D eigenvalue weighted by molar-refractivity contribution is 0.0899. The van der Waals surface area contributed by atoms with Crippen LogP contribution in [0, 0.1) is 6.92 Å². The van der Waals surface area contributed by atoms with E-state index in [0.717, 1.165) is 5.56 Å². The van der Waals surface area contributed by atoms with Crippen LogP contribution in [0.5, 0.6) is 5.75 Å². The smallest absolute Gasteiger partial charge is 0.251 e. The molecule has 0 unspecified atom stereocenters. The zero-order valence-electron chi connectivity index (χ0n) is 11.4. The number of hydrogen-bond donors (Lipinski definition) is 2. The van der Waals surface area contributed by atoms with Crippen LogP contribution in [0.4, 0.5) is 0 Å². The molecule has 1 aromatic carbocycles. The maximum Gasteiger partial charge on any atom is 0.251 e. The van der Waals surface area contributed by atoms with E-state index in [1.54, 1.807) is 19.2 Å². The Kier molecular flexibility index (Phi) is 4.73. The molecule has 18 heavy (non-hydrogen) atoms. The number of amides is 1. The summed E-state index contributed by atoms with van der Waals surface area (Å²) in [4.78, 5) is 12.1. The molecule has 0 spiro atoms. The van der Waals surface area contributed by atoms with Crippen molar-refractivity contribution in [3.8, 4) is 5.75 Å². The third kappa shape index (κ3) is 3.74. The number of nitrogens with one attached hydrogen (secondary N) is 1. The minimum absolute atomic E-state index is 0.0461. The number of aliphatic hydroxyl groups excluding tert-OH is 1. The van der Waals surface area contributed by atoms with Gasteiger partial charge in [0.25, 0.3) is 5.91 Å². The Morgan fingerprint density at radius 3 is 2.67 bits per heavy atom. The van der Waals surface area contributed by atoms with Crippen LogP contribution in [0.1, 0.15) is 36.2 Å². The lowest BCUT2D eigenvalue weighted by Gasteiger charge is -2.25. The molecule has 0 atom stereocenters. The van der Waals surface area contributed by atoms with Gasteiger partial charge >= 0.3 is 0 Å². The Labute approximate surface area is 108 Å². The van der Waals surface area contributed by atoms with E-state index in [1.165, 1.54) is 0 Å². The largest absolute Gasteiger partial charge is 0.496 e. The SMILES string of the molecule is COc1cc(C(=O)NC(C)(C)CCO)ccc1C. The van der Waals surface area contributed by atoms with Crippen LogP contribution in [0.15, 0.2) is 18.2 Å². The summed E-state index contributed by atoms with van der Waals surface area (Å²) >= 11 is 0. The van der Waals surface area contributed by atoms with Crippen LogP contribution in [0.25, 0.3) is 0 Å². The van der Waals surface area contributed by atoms with Gasteiger partial charge in [0.05, 0.1) is 7.11 Å². The Morgan fingerprint density at radius 1 is 1.44 bits per heavy atom. The second kappa shape index (κ2) is 5.87. The summed E-state index contributed by atoms with van der Waals surface area (Å²) in [5, 5.41) is 11.8. The average molecular weight is 251 g/mol. The molecule has 0 aliphatic heterocycles. The molecule has 0 aliphatic rings. The molecule has 4 heteroatoms. The fourth-order valence-electron chi connectivity index (χ4n) is 1.68. The molecule has 2 N–H and O–H groups in total. The van der Waals surface area contributed by atoms with Gasteiger partial charge in [-0.2, -0.15) is 0 Å². The van der Waals surface area contributed by atoms with E-state index in [-0.39, 0.29) is 12.5 Å². The van der Waals surface area contributed by atoms with Gasteiger partial charge in [0.2, 0.25) is 0 Å². The lowest BCUT2D eigenvalue weighted by Crippen LogP contribution is -2.44. The van der Waals surface area contributed by atoms with Crippen LogP contribution in [-0.4, -0.2) is 30.3 Å². The van der Waals surface area contributed by atoms with Crippen molar-refractivity contribution < 1.29 is 14.6 Å². The molecular weight excluding hydrogens is 230 g/mol. The van der Waals surface area contributed by atoms with Crippen molar-refractivity contribution in [3.05, 3.63) is 29.3 Å². The summed E-state index contributed by atoms with van der Waals surface area (Å²) in [6, 6.07) is 5.34. The predicted molar refractivity (Wildman–Crippen MR) is 71.0 cm³/mol.